The molecule has 0 aliphatic heterocycles. The predicted molar refractivity (Wildman–Crippen MR) is 72.8 cm³/mol. The average Bonchev–Trinajstić information content (AvgIpc) is 2.45. The van der Waals surface area contributed by atoms with Crippen LogP contribution in [0.3, 0.4) is 0 Å². The largest absolute Gasteiger partial charge is 0.573 e. The fraction of sp³-hybridized carbons (Fsp3) is 0.200. The number of alkyl halides is 3. The second-order valence-corrected chi connectivity index (χ2v) is 4.37. The smallest absolute Gasteiger partial charge is 0.405 e. The first-order valence-electron chi connectivity index (χ1n) is 6.25. The molecule has 0 spiro atoms. The predicted octanol–water partition coefficient (Wildman–Crippen LogP) is 3.69. The summed E-state index contributed by atoms with van der Waals surface area (Å²) >= 11 is 0. The van der Waals surface area contributed by atoms with Crippen molar-refractivity contribution in [1.29, 1.82) is 0 Å². The first kappa shape index (κ1) is 15.2. The summed E-state index contributed by atoms with van der Waals surface area (Å²) in [7, 11) is 0. The number of anilines is 1. The van der Waals surface area contributed by atoms with Crippen LogP contribution in [0.1, 0.15) is 11.1 Å². The zero-order valence-electron chi connectivity index (χ0n) is 11.0. The Morgan fingerprint density at radius 1 is 1.05 bits per heavy atom. The Morgan fingerprint density at radius 2 is 1.81 bits per heavy atom. The summed E-state index contributed by atoms with van der Waals surface area (Å²) in [5.74, 6) is -0.226. The van der Waals surface area contributed by atoms with E-state index in [1.165, 1.54) is 12.1 Å². The highest BCUT2D eigenvalue weighted by Gasteiger charge is 2.31. The van der Waals surface area contributed by atoms with E-state index in [-0.39, 0.29) is 18.9 Å². The van der Waals surface area contributed by atoms with Crippen molar-refractivity contribution in [3.8, 4) is 5.75 Å². The lowest BCUT2D eigenvalue weighted by Gasteiger charge is -2.14. The Kier molecular flexibility index (Phi) is 4.70. The fourth-order valence-electron chi connectivity index (χ4n) is 1.85. The van der Waals surface area contributed by atoms with Crippen molar-refractivity contribution in [3.05, 3.63) is 59.7 Å². The van der Waals surface area contributed by atoms with Crippen molar-refractivity contribution in [1.82, 2.24) is 0 Å². The van der Waals surface area contributed by atoms with E-state index in [9.17, 15) is 13.2 Å². The lowest BCUT2D eigenvalue weighted by Crippen LogP contribution is -2.18. The number of para-hydroxylation sites is 1. The third-order valence-corrected chi connectivity index (χ3v) is 2.79. The van der Waals surface area contributed by atoms with Crippen LogP contribution in [-0.4, -0.2) is 11.5 Å². The van der Waals surface area contributed by atoms with Crippen LogP contribution >= 0.6 is 0 Å². The molecule has 0 aliphatic rings. The molecule has 0 aliphatic carbocycles. The van der Waals surface area contributed by atoms with E-state index in [1.54, 1.807) is 36.4 Å². The quantitative estimate of drug-likeness (QED) is 0.884. The number of halogens is 3. The number of benzene rings is 2. The lowest BCUT2D eigenvalue weighted by atomic mass is 10.1. The van der Waals surface area contributed by atoms with Crippen molar-refractivity contribution >= 4 is 5.69 Å². The van der Waals surface area contributed by atoms with Gasteiger partial charge in [-0.05, 0) is 23.8 Å². The van der Waals surface area contributed by atoms with Crippen molar-refractivity contribution in [2.75, 3.05) is 5.32 Å². The zero-order chi connectivity index (χ0) is 15.3. The summed E-state index contributed by atoms with van der Waals surface area (Å²) in [4.78, 5) is 0. The third-order valence-electron chi connectivity index (χ3n) is 2.79. The molecule has 2 N–H and O–H groups in total. The van der Waals surface area contributed by atoms with Crippen molar-refractivity contribution in [2.24, 2.45) is 0 Å². The van der Waals surface area contributed by atoms with Crippen LogP contribution < -0.4 is 10.1 Å². The van der Waals surface area contributed by atoms with Gasteiger partial charge in [0.15, 0.2) is 0 Å². The van der Waals surface area contributed by atoms with E-state index in [4.69, 9.17) is 5.11 Å². The molecule has 0 heterocycles. The van der Waals surface area contributed by atoms with Gasteiger partial charge < -0.3 is 15.2 Å². The number of aliphatic hydroxyl groups is 1. The second kappa shape index (κ2) is 6.49. The number of hydrogen-bond donors (Lipinski definition) is 2. The van der Waals surface area contributed by atoms with Crippen LogP contribution in [0, 0.1) is 0 Å². The lowest BCUT2D eigenvalue weighted by molar-refractivity contribution is -0.274. The fourth-order valence-corrected chi connectivity index (χ4v) is 1.85. The Hall–Kier alpha value is -2.21. The van der Waals surface area contributed by atoms with Gasteiger partial charge in [-0.1, -0.05) is 30.3 Å². The van der Waals surface area contributed by atoms with Gasteiger partial charge in [0, 0.05) is 17.8 Å². The van der Waals surface area contributed by atoms with Crippen molar-refractivity contribution < 1.29 is 23.0 Å². The van der Waals surface area contributed by atoms with Gasteiger partial charge in [-0.25, -0.2) is 0 Å². The van der Waals surface area contributed by atoms with Crippen LogP contribution in [0.2, 0.25) is 0 Å². The Balaban J connectivity index is 2.09. The van der Waals surface area contributed by atoms with E-state index in [1.807, 2.05) is 0 Å². The molecular weight excluding hydrogens is 283 g/mol. The molecule has 0 saturated heterocycles. The molecule has 0 radical (unpaired) electrons. The van der Waals surface area contributed by atoms with Crippen LogP contribution in [0.15, 0.2) is 48.5 Å². The van der Waals surface area contributed by atoms with Gasteiger partial charge in [0.25, 0.3) is 0 Å². The number of ether oxygens (including phenoxy) is 1. The van der Waals surface area contributed by atoms with Crippen LogP contribution in [-0.2, 0) is 13.2 Å². The minimum Gasteiger partial charge on any atom is -0.405 e. The zero-order valence-corrected chi connectivity index (χ0v) is 11.0. The van der Waals surface area contributed by atoms with Crippen molar-refractivity contribution in [2.45, 2.75) is 19.5 Å². The Morgan fingerprint density at radius 3 is 2.52 bits per heavy atom. The third kappa shape index (κ3) is 4.68. The van der Waals surface area contributed by atoms with Crippen molar-refractivity contribution in [3.63, 3.8) is 0 Å². The van der Waals surface area contributed by atoms with Gasteiger partial charge in [0.1, 0.15) is 5.75 Å². The molecule has 2 rings (SSSR count). The molecule has 2 aromatic rings. The number of aliphatic hydroxyl groups excluding tert-OH is 1. The van der Waals surface area contributed by atoms with E-state index in [0.717, 1.165) is 5.56 Å². The highest BCUT2D eigenvalue weighted by Crippen LogP contribution is 2.26. The molecule has 0 atom stereocenters. The monoisotopic (exact) mass is 297 g/mol. The average molecular weight is 297 g/mol. The molecule has 21 heavy (non-hydrogen) atoms. The second-order valence-electron chi connectivity index (χ2n) is 4.37. The summed E-state index contributed by atoms with van der Waals surface area (Å²) < 4.78 is 40.9. The van der Waals surface area contributed by atoms with Gasteiger partial charge in [0.05, 0.1) is 6.61 Å². The van der Waals surface area contributed by atoms with Gasteiger partial charge in [-0.3, -0.25) is 0 Å². The molecule has 6 heteroatoms. The summed E-state index contributed by atoms with van der Waals surface area (Å²) in [6.45, 7) is 0.0877. The van der Waals surface area contributed by atoms with Gasteiger partial charge in [0.2, 0.25) is 0 Å². The SMILES string of the molecule is OCc1cccc(NCc2ccccc2OC(F)(F)F)c1. The molecule has 3 nitrogen and oxygen atoms in total. The molecule has 112 valence electrons. The molecule has 0 amide bonds. The maximum Gasteiger partial charge on any atom is 0.573 e. The van der Waals surface area contributed by atoms with E-state index >= 15 is 0 Å². The summed E-state index contributed by atoms with van der Waals surface area (Å²) in [5.41, 5.74) is 1.83. The highest BCUT2D eigenvalue weighted by atomic mass is 19.4. The summed E-state index contributed by atoms with van der Waals surface area (Å²) in [6, 6.07) is 13.0. The standard InChI is InChI=1S/C15H14F3NO2/c16-15(17,18)21-14-7-2-1-5-12(14)9-19-13-6-3-4-11(8-13)10-20/h1-8,19-20H,9-10H2. The molecule has 0 saturated carbocycles. The minimum absolute atomic E-state index is 0.0940. The molecule has 0 bridgehead atoms. The van der Waals surface area contributed by atoms with Crippen LogP contribution in [0.25, 0.3) is 0 Å². The normalized spacial score (nSPS) is 11.2. The molecular formula is C15H14F3NO2. The van der Waals surface area contributed by atoms with Gasteiger partial charge in [-0.2, -0.15) is 0 Å². The summed E-state index contributed by atoms with van der Waals surface area (Å²) in [5, 5.41) is 12.0. The molecule has 0 unspecified atom stereocenters. The van der Waals surface area contributed by atoms with E-state index in [2.05, 4.69) is 10.1 Å². The Bertz CT molecular complexity index is 599. The molecule has 2 aromatic carbocycles. The first-order valence-corrected chi connectivity index (χ1v) is 6.25. The number of hydrogen-bond acceptors (Lipinski definition) is 3. The van der Waals surface area contributed by atoms with Gasteiger partial charge in [-0.15, -0.1) is 13.2 Å². The highest BCUT2D eigenvalue weighted by molar-refractivity contribution is 5.47. The first-order chi connectivity index (χ1) is 9.98. The number of nitrogens with one attached hydrogen (secondary N) is 1. The summed E-state index contributed by atoms with van der Waals surface area (Å²) in [6.07, 6.45) is -4.72. The van der Waals surface area contributed by atoms with Crippen LogP contribution in [0.5, 0.6) is 5.75 Å². The number of rotatable bonds is 5. The van der Waals surface area contributed by atoms with E-state index < -0.39 is 6.36 Å². The maximum absolute atomic E-state index is 12.3. The molecule has 0 fully saturated rings. The maximum atomic E-state index is 12.3. The van der Waals surface area contributed by atoms with Crippen LogP contribution in [0.4, 0.5) is 18.9 Å². The minimum atomic E-state index is -4.72. The van der Waals surface area contributed by atoms with E-state index in [0.29, 0.717) is 11.3 Å². The van der Waals surface area contributed by atoms with Gasteiger partial charge >= 0.3 is 6.36 Å². The Labute approximate surface area is 120 Å². The molecule has 0 aromatic heterocycles. The topological polar surface area (TPSA) is 41.5 Å².